The first kappa shape index (κ1) is 37.4. The number of hydrogen-bond acceptors (Lipinski definition) is 13. The maximum Gasteiger partial charge on any atom is 0.236 e. The first-order valence-corrected chi connectivity index (χ1v) is 19.2. The average Bonchev–Trinajstić information content (AvgIpc) is 3.35. The average molecular weight is 735 g/mol. The minimum Gasteiger partial charge on any atom is -0.494 e. The van der Waals surface area contributed by atoms with E-state index in [9.17, 15) is 28.8 Å². The van der Waals surface area contributed by atoms with E-state index in [0.29, 0.717) is 42.8 Å². The molecule has 0 amide bonds. The monoisotopic (exact) mass is 734 g/mol. The Bertz CT molecular complexity index is 1930. The van der Waals surface area contributed by atoms with Gasteiger partial charge in [0.1, 0.15) is 43.0 Å². The van der Waals surface area contributed by atoms with E-state index in [1.165, 1.54) is 11.1 Å². The Kier molecular flexibility index (Phi) is 11.9. The van der Waals surface area contributed by atoms with E-state index in [1.807, 2.05) is 54.6 Å². The summed E-state index contributed by atoms with van der Waals surface area (Å²) < 4.78 is 37.6. The van der Waals surface area contributed by atoms with Crippen LogP contribution in [0, 0.1) is 0 Å². The maximum atomic E-state index is 11.6. The fourth-order valence-corrected chi connectivity index (χ4v) is 7.16. The molecule has 2 aliphatic rings. The summed E-state index contributed by atoms with van der Waals surface area (Å²) in [7, 11) is -3.50. The summed E-state index contributed by atoms with van der Waals surface area (Å²) in [6, 6.07) is 22.4. The molecule has 6 rings (SSSR count). The van der Waals surface area contributed by atoms with Crippen LogP contribution < -0.4 is 24.8 Å². The molecule has 52 heavy (non-hydrogen) atoms. The van der Waals surface area contributed by atoms with E-state index in [1.54, 1.807) is 12.1 Å². The summed E-state index contributed by atoms with van der Waals surface area (Å²) in [6.45, 7) is 3.40. The van der Waals surface area contributed by atoms with Crippen molar-refractivity contribution in [2.45, 2.75) is 76.1 Å². The van der Waals surface area contributed by atoms with Gasteiger partial charge in [0.15, 0.2) is 0 Å². The van der Waals surface area contributed by atoms with Gasteiger partial charge in [0.2, 0.25) is 16.0 Å². The number of fused-ring (bicyclic) bond motifs is 1. The molecular formula is C37H46N6O8S. The Balaban J connectivity index is 0.976. The number of aromatic nitrogens is 2. The van der Waals surface area contributed by atoms with Crippen LogP contribution in [0.25, 0.3) is 0 Å². The number of sulfonamides is 1. The van der Waals surface area contributed by atoms with Crippen molar-refractivity contribution >= 4 is 21.7 Å². The standard InChI is InChI=1S/C37H46N6O8S/c1-23(28-9-3-4-10-32(28)51-22-26-15-17-39-37(40-26)42-52(2,48)49)19-24-7-5-8-27(20-24)50-18-6-16-38-25-11-12-29-30(21-25)36(47)43(35(29)46)31-13-14-33(44)41-34(31)45/h3-5,7-12,15,17,20-21,23,31,33-36,38,41,44-47H,6,13-14,16,18-19,22H2,1-2H3,(H,39,40,42). The van der Waals surface area contributed by atoms with Crippen LogP contribution >= 0.6 is 0 Å². The highest BCUT2D eigenvalue weighted by Crippen LogP contribution is 2.43. The van der Waals surface area contributed by atoms with Crippen LogP contribution in [-0.4, -0.2) is 81.6 Å². The van der Waals surface area contributed by atoms with Gasteiger partial charge in [0.25, 0.3) is 0 Å². The van der Waals surface area contributed by atoms with Crippen molar-refractivity contribution < 1.29 is 38.3 Å². The molecule has 0 aliphatic carbocycles. The van der Waals surface area contributed by atoms with Gasteiger partial charge in [0.05, 0.1) is 24.6 Å². The normalized spacial score (nSPS) is 22.4. The Morgan fingerprint density at radius 3 is 2.58 bits per heavy atom. The summed E-state index contributed by atoms with van der Waals surface area (Å²) >= 11 is 0. The quantitative estimate of drug-likeness (QED) is 0.0879. The second-order valence-electron chi connectivity index (χ2n) is 13.3. The van der Waals surface area contributed by atoms with Crippen LogP contribution in [0.5, 0.6) is 11.5 Å². The van der Waals surface area contributed by atoms with E-state index < -0.39 is 41.0 Å². The van der Waals surface area contributed by atoms with Crippen molar-refractivity contribution in [1.82, 2.24) is 20.2 Å². The Hall–Kier alpha value is -4.35. The Labute approximate surface area is 303 Å². The molecule has 4 aromatic rings. The number of hydrogen-bond donors (Lipinski definition) is 7. The number of nitrogens with one attached hydrogen (secondary N) is 3. The van der Waals surface area contributed by atoms with E-state index in [2.05, 4.69) is 38.3 Å². The number of nitrogens with zero attached hydrogens (tertiary/aromatic N) is 3. The van der Waals surface area contributed by atoms with Crippen LogP contribution in [0.1, 0.15) is 72.5 Å². The number of aliphatic hydroxyl groups excluding tert-OH is 4. The predicted octanol–water partition coefficient (Wildman–Crippen LogP) is 3.34. The van der Waals surface area contributed by atoms with Gasteiger partial charge >= 0.3 is 0 Å². The number of anilines is 2. The summed E-state index contributed by atoms with van der Waals surface area (Å²) in [5.41, 5.74) is 4.66. The lowest BCUT2D eigenvalue weighted by atomic mass is 9.93. The molecule has 3 aromatic carbocycles. The first-order valence-electron chi connectivity index (χ1n) is 17.3. The van der Waals surface area contributed by atoms with E-state index in [-0.39, 0.29) is 18.5 Å². The highest BCUT2D eigenvalue weighted by atomic mass is 32.2. The number of aliphatic hydroxyl groups is 4. The van der Waals surface area contributed by atoms with E-state index in [0.717, 1.165) is 47.4 Å². The number of piperidine rings is 1. The second kappa shape index (κ2) is 16.5. The zero-order valence-electron chi connectivity index (χ0n) is 29.1. The lowest BCUT2D eigenvalue weighted by Gasteiger charge is -2.40. The number of rotatable bonds is 15. The highest BCUT2D eigenvalue weighted by Gasteiger charge is 2.44. The molecule has 0 saturated carbocycles. The minimum atomic E-state index is -3.50. The summed E-state index contributed by atoms with van der Waals surface area (Å²) in [6.07, 6.45) is 0.789. The van der Waals surface area contributed by atoms with Gasteiger partial charge < -0.3 is 35.2 Å². The van der Waals surface area contributed by atoms with Gasteiger partial charge in [-0.2, -0.15) is 0 Å². The molecule has 0 spiro atoms. The predicted molar refractivity (Wildman–Crippen MR) is 195 cm³/mol. The fourth-order valence-electron chi connectivity index (χ4n) is 6.73. The molecule has 0 radical (unpaired) electrons. The third-order valence-electron chi connectivity index (χ3n) is 9.23. The molecule has 6 unspecified atom stereocenters. The zero-order chi connectivity index (χ0) is 36.8. The van der Waals surface area contributed by atoms with E-state index >= 15 is 0 Å². The molecule has 6 atom stereocenters. The van der Waals surface area contributed by atoms with Crippen molar-refractivity contribution in [2.24, 2.45) is 0 Å². The summed E-state index contributed by atoms with van der Waals surface area (Å²) in [4.78, 5) is 9.67. The van der Waals surface area contributed by atoms with Gasteiger partial charge in [-0.25, -0.2) is 23.3 Å². The molecule has 7 N–H and O–H groups in total. The van der Waals surface area contributed by atoms with Gasteiger partial charge in [-0.1, -0.05) is 43.3 Å². The molecule has 3 heterocycles. The van der Waals surface area contributed by atoms with Crippen molar-refractivity contribution in [3.63, 3.8) is 0 Å². The lowest BCUT2D eigenvalue weighted by molar-refractivity contribution is -0.159. The van der Waals surface area contributed by atoms with Crippen molar-refractivity contribution in [3.8, 4) is 11.5 Å². The van der Waals surface area contributed by atoms with Gasteiger partial charge in [-0.05, 0) is 79.1 Å². The molecule has 2 aliphatic heterocycles. The summed E-state index contributed by atoms with van der Waals surface area (Å²) in [5.74, 6) is 1.62. The Morgan fingerprint density at radius 1 is 0.962 bits per heavy atom. The third kappa shape index (κ3) is 9.35. The molecule has 0 bridgehead atoms. The Morgan fingerprint density at radius 2 is 1.77 bits per heavy atom. The smallest absolute Gasteiger partial charge is 0.236 e. The lowest BCUT2D eigenvalue weighted by Crippen LogP contribution is -2.57. The SMILES string of the molecule is CC(Cc1cccc(OCCCNc2ccc3c(c2)C(O)N(C2CCC(O)NC2O)C3O)c1)c1ccccc1OCc1ccnc(NS(C)(=O)=O)n1. The second-order valence-corrected chi connectivity index (χ2v) is 15.0. The highest BCUT2D eigenvalue weighted by molar-refractivity contribution is 7.91. The van der Waals surface area contributed by atoms with Gasteiger partial charge in [-0.3, -0.25) is 10.0 Å². The van der Waals surface area contributed by atoms with Gasteiger partial charge in [0, 0.05) is 29.6 Å². The largest absolute Gasteiger partial charge is 0.494 e. The van der Waals surface area contributed by atoms with Crippen LogP contribution in [0.2, 0.25) is 0 Å². The van der Waals surface area contributed by atoms with Crippen LogP contribution in [0.15, 0.2) is 79.0 Å². The molecule has 278 valence electrons. The zero-order valence-corrected chi connectivity index (χ0v) is 29.9. The van der Waals surface area contributed by atoms with Crippen LogP contribution in [0.3, 0.4) is 0 Å². The van der Waals surface area contributed by atoms with Crippen LogP contribution in [-0.2, 0) is 23.1 Å². The molecule has 15 heteroatoms. The van der Waals surface area contributed by atoms with Crippen molar-refractivity contribution in [2.75, 3.05) is 29.4 Å². The summed E-state index contributed by atoms with van der Waals surface area (Å²) in [5, 5.41) is 48.2. The number of para-hydroxylation sites is 1. The van der Waals surface area contributed by atoms with Crippen molar-refractivity contribution in [1.29, 1.82) is 0 Å². The molecule has 14 nitrogen and oxygen atoms in total. The number of ether oxygens (including phenoxy) is 2. The van der Waals surface area contributed by atoms with Crippen molar-refractivity contribution in [3.05, 3.63) is 107 Å². The molecule has 1 fully saturated rings. The molecule has 1 aromatic heterocycles. The maximum absolute atomic E-state index is 11.6. The number of benzene rings is 3. The minimum absolute atomic E-state index is 0.00378. The molecule has 1 saturated heterocycles. The molecular weight excluding hydrogens is 689 g/mol. The van der Waals surface area contributed by atoms with Crippen LogP contribution in [0.4, 0.5) is 11.6 Å². The fraction of sp³-hybridized carbons (Fsp3) is 0.405. The van der Waals surface area contributed by atoms with Gasteiger partial charge in [-0.15, -0.1) is 0 Å². The van der Waals surface area contributed by atoms with E-state index in [4.69, 9.17) is 9.47 Å². The first-order chi connectivity index (χ1) is 24.9. The third-order valence-corrected chi connectivity index (χ3v) is 9.78. The topological polar surface area (TPSA) is 199 Å².